The first kappa shape index (κ1) is 16.2. The van der Waals surface area contributed by atoms with Crippen LogP contribution in [0.15, 0.2) is 36.7 Å². The number of benzene rings is 1. The van der Waals surface area contributed by atoms with Crippen LogP contribution in [0, 0.1) is 12.3 Å². The number of carbonyl (C=O) groups is 2. The van der Waals surface area contributed by atoms with Gasteiger partial charge in [0.2, 0.25) is 0 Å². The second-order valence-corrected chi connectivity index (χ2v) is 4.58. The van der Waals surface area contributed by atoms with Crippen LogP contribution in [-0.4, -0.2) is 45.2 Å². The van der Waals surface area contributed by atoms with E-state index in [4.69, 9.17) is 11.2 Å². The Bertz CT molecular complexity index is 679. The van der Waals surface area contributed by atoms with Crippen LogP contribution in [0.2, 0.25) is 0 Å². The highest BCUT2D eigenvalue weighted by molar-refractivity contribution is 5.82. The Kier molecular flexibility index (Phi) is 5.82. The Morgan fingerprint density at radius 1 is 1.35 bits per heavy atom. The number of carbonyl (C=O) groups excluding carboxylic acids is 2. The number of ether oxygens (including phenoxy) is 1. The molecule has 1 atom stereocenters. The molecule has 8 nitrogen and oxygen atoms in total. The molecule has 0 saturated carbocycles. The van der Waals surface area contributed by atoms with E-state index in [0.29, 0.717) is 6.42 Å². The molecule has 0 aliphatic rings. The summed E-state index contributed by atoms with van der Waals surface area (Å²) < 4.78 is 6.32. The molecule has 1 heterocycles. The van der Waals surface area contributed by atoms with Crippen molar-refractivity contribution in [1.29, 1.82) is 0 Å². The minimum Gasteiger partial charge on any atom is -0.454 e. The Morgan fingerprint density at radius 3 is 2.78 bits per heavy atom. The number of nitrogens with zero attached hydrogens (tertiary/aromatic N) is 4. The number of terminal acetylenes is 1. The molecule has 0 aliphatic heterocycles. The van der Waals surface area contributed by atoms with Crippen LogP contribution >= 0.6 is 0 Å². The van der Waals surface area contributed by atoms with E-state index in [1.165, 1.54) is 11.0 Å². The molecule has 23 heavy (non-hydrogen) atoms. The van der Waals surface area contributed by atoms with Crippen LogP contribution in [0.1, 0.15) is 11.6 Å². The molecule has 0 radical (unpaired) electrons. The van der Waals surface area contributed by atoms with Crippen molar-refractivity contribution in [3.05, 3.63) is 42.2 Å². The second-order valence-electron chi connectivity index (χ2n) is 4.58. The van der Waals surface area contributed by atoms with Gasteiger partial charge in [0.1, 0.15) is 6.33 Å². The van der Waals surface area contributed by atoms with Crippen LogP contribution in [0.3, 0.4) is 0 Å². The second kappa shape index (κ2) is 8.29. The summed E-state index contributed by atoms with van der Waals surface area (Å²) in [4.78, 5) is 23.7. The van der Waals surface area contributed by atoms with Crippen molar-refractivity contribution >= 4 is 11.9 Å². The number of esters is 1. The largest absolute Gasteiger partial charge is 0.454 e. The molecule has 2 rings (SSSR count). The van der Waals surface area contributed by atoms with Crippen LogP contribution in [0.5, 0.6) is 0 Å². The average Bonchev–Trinajstić information content (AvgIpc) is 3.10. The van der Waals surface area contributed by atoms with Gasteiger partial charge < -0.3 is 10.1 Å². The summed E-state index contributed by atoms with van der Waals surface area (Å²) in [5, 5.41) is 13.2. The lowest BCUT2D eigenvalue weighted by Gasteiger charge is -2.15. The lowest BCUT2D eigenvalue weighted by molar-refractivity contribution is -0.152. The molecule has 8 heteroatoms. The summed E-state index contributed by atoms with van der Waals surface area (Å²) in [5.41, 5.74) is 0.918. The summed E-state index contributed by atoms with van der Waals surface area (Å²) >= 11 is 0. The highest BCUT2D eigenvalue weighted by Gasteiger charge is 2.24. The third-order valence-electron chi connectivity index (χ3n) is 2.96. The molecule has 0 spiro atoms. The molecule has 1 aromatic carbocycles. The lowest BCUT2D eigenvalue weighted by Crippen LogP contribution is -2.32. The van der Waals surface area contributed by atoms with E-state index in [9.17, 15) is 9.59 Å². The maximum atomic E-state index is 12.3. The van der Waals surface area contributed by atoms with Gasteiger partial charge in [0.25, 0.3) is 5.91 Å². The molecule has 2 aromatic rings. The van der Waals surface area contributed by atoms with E-state index in [-0.39, 0.29) is 6.54 Å². The molecule has 1 N–H and O–H groups in total. The quantitative estimate of drug-likeness (QED) is 0.559. The lowest BCUT2D eigenvalue weighted by atomic mass is 10.1. The van der Waals surface area contributed by atoms with Gasteiger partial charge in [-0.1, -0.05) is 36.3 Å². The smallest absolute Gasteiger partial charge is 0.331 e. The van der Waals surface area contributed by atoms with Crippen molar-refractivity contribution in [2.45, 2.75) is 12.5 Å². The molecule has 0 bridgehead atoms. The summed E-state index contributed by atoms with van der Waals surface area (Å²) in [6, 6.07) is 8.61. The number of hydrogen-bond donors (Lipinski definition) is 1. The first-order valence-corrected chi connectivity index (χ1v) is 6.84. The summed E-state index contributed by atoms with van der Waals surface area (Å²) in [6.45, 7) is -0.329. The van der Waals surface area contributed by atoms with Crippen molar-refractivity contribution in [1.82, 2.24) is 25.5 Å². The Labute approximate surface area is 132 Å². The summed E-state index contributed by atoms with van der Waals surface area (Å²) in [7, 11) is 0. The van der Waals surface area contributed by atoms with Gasteiger partial charge in [0.15, 0.2) is 12.6 Å². The fourth-order valence-corrected chi connectivity index (χ4v) is 1.87. The van der Waals surface area contributed by atoms with Crippen molar-refractivity contribution in [3.63, 3.8) is 0 Å². The van der Waals surface area contributed by atoms with Crippen LogP contribution < -0.4 is 5.32 Å². The monoisotopic (exact) mass is 313 g/mol. The van der Waals surface area contributed by atoms with Gasteiger partial charge in [-0.05, 0) is 16.0 Å². The van der Waals surface area contributed by atoms with Gasteiger partial charge in [0, 0.05) is 6.42 Å². The van der Waals surface area contributed by atoms with Gasteiger partial charge in [0.05, 0.1) is 6.54 Å². The molecule has 0 saturated heterocycles. The van der Waals surface area contributed by atoms with Gasteiger partial charge in [-0.15, -0.1) is 11.5 Å². The molecule has 0 aliphatic carbocycles. The van der Waals surface area contributed by atoms with Crippen molar-refractivity contribution in [2.75, 3.05) is 13.2 Å². The summed E-state index contributed by atoms with van der Waals surface area (Å²) in [5.74, 6) is 1.19. The first-order chi connectivity index (χ1) is 11.2. The molecular weight excluding hydrogens is 298 g/mol. The van der Waals surface area contributed by atoms with Gasteiger partial charge in [-0.2, -0.15) is 0 Å². The normalized spacial score (nSPS) is 11.3. The van der Waals surface area contributed by atoms with Crippen LogP contribution in [0.4, 0.5) is 0 Å². The van der Waals surface area contributed by atoms with Gasteiger partial charge in [-0.25, -0.2) is 9.48 Å². The average molecular weight is 313 g/mol. The van der Waals surface area contributed by atoms with Crippen molar-refractivity contribution < 1.29 is 14.3 Å². The number of tetrazole rings is 1. The maximum absolute atomic E-state index is 12.3. The highest BCUT2D eigenvalue weighted by Crippen LogP contribution is 2.14. The zero-order valence-electron chi connectivity index (χ0n) is 12.3. The molecule has 0 fully saturated rings. The van der Waals surface area contributed by atoms with E-state index in [0.717, 1.165) is 5.56 Å². The Morgan fingerprint density at radius 2 is 2.13 bits per heavy atom. The number of rotatable bonds is 7. The molecular formula is C15H15N5O3. The minimum atomic E-state index is -0.757. The predicted molar refractivity (Wildman–Crippen MR) is 79.8 cm³/mol. The van der Waals surface area contributed by atoms with Gasteiger partial charge >= 0.3 is 5.97 Å². The Hall–Kier alpha value is -3.21. The van der Waals surface area contributed by atoms with Crippen LogP contribution in [-0.2, 0) is 20.7 Å². The number of hydrogen-bond acceptors (Lipinski definition) is 6. The molecule has 118 valence electrons. The zero-order valence-corrected chi connectivity index (χ0v) is 12.3. The number of nitrogens with one attached hydrogen (secondary N) is 1. The van der Waals surface area contributed by atoms with E-state index < -0.39 is 24.5 Å². The standard InChI is InChI=1S/C15H15N5O3/c1-2-8-16-14(21)10-23-15(22)13(20-11-17-18-19-20)9-12-6-4-3-5-7-12/h1,3-7,11,13H,8-10H2,(H,16,21)/t13-/m0/s1. The summed E-state index contributed by atoms with van der Waals surface area (Å²) in [6.07, 6.45) is 6.70. The fraction of sp³-hybridized carbons (Fsp3) is 0.267. The number of aromatic nitrogens is 4. The molecule has 0 unspecified atom stereocenters. The minimum absolute atomic E-state index is 0.0802. The van der Waals surface area contributed by atoms with Gasteiger partial charge in [-0.3, -0.25) is 4.79 Å². The fourth-order valence-electron chi connectivity index (χ4n) is 1.87. The van der Waals surface area contributed by atoms with E-state index in [1.807, 2.05) is 30.3 Å². The van der Waals surface area contributed by atoms with Crippen LogP contribution in [0.25, 0.3) is 0 Å². The molecule has 1 amide bonds. The van der Waals surface area contributed by atoms with E-state index in [1.54, 1.807) is 0 Å². The predicted octanol–water partition coefficient (Wildman–Crippen LogP) is -0.251. The third-order valence-corrected chi connectivity index (χ3v) is 2.96. The third kappa shape index (κ3) is 4.93. The highest BCUT2D eigenvalue weighted by atomic mass is 16.5. The molecule has 1 aromatic heterocycles. The van der Waals surface area contributed by atoms with Crippen molar-refractivity contribution in [2.24, 2.45) is 0 Å². The SMILES string of the molecule is C#CCNC(=O)COC(=O)[C@H](Cc1ccccc1)n1cnnn1. The van der Waals surface area contributed by atoms with E-state index >= 15 is 0 Å². The Balaban J connectivity index is 2.01. The zero-order chi connectivity index (χ0) is 16.5. The van der Waals surface area contributed by atoms with Crippen molar-refractivity contribution in [3.8, 4) is 12.3 Å². The topological polar surface area (TPSA) is 99.0 Å². The van der Waals surface area contributed by atoms with E-state index in [2.05, 4.69) is 26.8 Å². The maximum Gasteiger partial charge on any atom is 0.331 e. The number of amides is 1. The first-order valence-electron chi connectivity index (χ1n) is 6.84.